The van der Waals surface area contributed by atoms with Crippen molar-refractivity contribution in [3.05, 3.63) is 17.5 Å². The van der Waals surface area contributed by atoms with Crippen molar-refractivity contribution in [3.8, 4) is 0 Å². The molecule has 0 fully saturated rings. The van der Waals surface area contributed by atoms with E-state index < -0.39 is 0 Å². The van der Waals surface area contributed by atoms with E-state index in [1.165, 1.54) is 0 Å². The van der Waals surface area contributed by atoms with Crippen LogP contribution in [0.5, 0.6) is 0 Å². The van der Waals surface area contributed by atoms with Crippen LogP contribution in [0.3, 0.4) is 0 Å². The van der Waals surface area contributed by atoms with E-state index in [4.69, 9.17) is 0 Å². The molecule has 1 aromatic heterocycles. The van der Waals surface area contributed by atoms with Crippen molar-refractivity contribution in [2.24, 2.45) is 0 Å². The van der Waals surface area contributed by atoms with Crippen LogP contribution >= 0.6 is 0 Å². The second-order valence-electron chi connectivity index (χ2n) is 3.61. The summed E-state index contributed by atoms with van der Waals surface area (Å²) in [7, 11) is 0. The molecule has 70 valence electrons. The molecule has 1 amide bonds. The summed E-state index contributed by atoms with van der Waals surface area (Å²) in [5.74, 6) is 0.0925. The van der Waals surface area contributed by atoms with Crippen molar-refractivity contribution < 1.29 is 4.79 Å². The van der Waals surface area contributed by atoms with Crippen LogP contribution in [-0.4, -0.2) is 15.7 Å². The van der Waals surface area contributed by atoms with Crippen molar-refractivity contribution in [2.45, 2.75) is 32.9 Å². The molecule has 13 heavy (non-hydrogen) atoms. The van der Waals surface area contributed by atoms with Gasteiger partial charge in [-0.15, -0.1) is 0 Å². The minimum Gasteiger partial charge on any atom is -0.352 e. The number of amides is 1. The highest BCUT2D eigenvalue weighted by Gasteiger charge is 2.20. The van der Waals surface area contributed by atoms with Gasteiger partial charge in [-0.05, 0) is 13.8 Å². The van der Waals surface area contributed by atoms with Crippen LogP contribution in [0.15, 0.2) is 6.20 Å². The Hall–Kier alpha value is -1.32. The predicted molar refractivity (Wildman–Crippen MR) is 48.2 cm³/mol. The van der Waals surface area contributed by atoms with Gasteiger partial charge in [0.1, 0.15) is 0 Å². The highest BCUT2D eigenvalue weighted by atomic mass is 16.1. The Bertz CT molecular complexity index is 341. The Morgan fingerprint density at radius 1 is 1.62 bits per heavy atom. The second kappa shape index (κ2) is 2.87. The molecule has 0 unspecified atom stereocenters. The van der Waals surface area contributed by atoms with Gasteiger partial charge < -0.3 is 5.32 Å². The molecule has 0 aliphatic carbocycles. The number of carbonyl (C=O) groups is 1. The molecule has 0 aromatic carbocycles. The molecule has 2 heterocycles. The zero-order valence-corrected chi connectivity index (χ0v) is 7.87. The number of aromatic nitrogens is 2. The third-order valence-electron chi connectivity index (χ3n) is 2.28. The number of hydrogen-bond acceptors (Lipinski definition) is 2. The summed E-state index contributed by atoms with van der Waals surface area (Å²) < 4.78 is 1.92. The van der Waals surface area contributed by atoms with Crippen LogP contribution in [0.25, 0.3) is 0 Å². The third-order valence-corrected chi connectivity index (χ3v) is 2.28. The molecule has 4 heteroatoms. The first-order valence-electron chi connectivity index (χ1n) is 4.50. The molecule has 0 saturated carbocycles. The lowest BCUT2D eigenvalue weighted by Crippen LogP contribution is -2.31. The van der Waals surface area contributed by atoms with Crippen LogP contribution in [0, 0.1) is 0 Å². The molecular weight excluding hydrogens is 166 g/mol. The van der Waals surface area contributed by atoms with Gasteiger partial charge in [0.2, 0.25) is 5.91 Å². The summed E-state index contributed by atoms with van der Waals surface area (Å²) in [4.78, 5) is 11.1. The summed E-state index contributed by atoms with van der Waals surface area (Å²) in [6.07, 6.45) is 2.31. The molecule has 0 atom stereocenters. The molecule has 1 aliphatic heterocycles. The summed E-state index contributed by atoms with van der Waals surface area (Å²) in [6.45, 7) is 4.76. The van der Waals surface area contributed by atoms with Gasteiger partial charge in [0, 0.05) is 18.2 Å². The number of hydrogen-bond donors (Lipinski definition) is 1. The van der Waals surface area contributed by atoms with E-state index in [0.29, 0.717) is 19.0 Å². The van der Waals surface area contributed by atoms with Gasteiger partial charge in [-0.25, -0.2) is 0 Å². The molecule has 0 saturated heterocycles. The number of nitrogens with zero attached hydrogens (tertiary/aromatic N) is 2. The summed E-state index contributed by atoms with van der Waals surface area (Å²) in [6, 6.07) is 0.328. The van der Waals surface area contributed by atoms with Crippen molar-refractivity contribution >= 4 is 5.91 Å². The molecular formula is C9H13N3O. The number of fused-ring (bicyclic) bond motifs is 1. The average Bonchev–Trinajstić information content (AvgIpc) is 2.46. The first-order chi connectivity index (χ1) is 6.18. The topological polar surface area (TPSA) is 46.9 Å². The Morgan fingerprint density at radius 3 is 3.08 bits per heavy atom. The zero-order chi connectivity index (χ0) is 9.42. The lowest BCUT2D eigenvalue weighted by atomic mass is 10.1. The molecule has 0 bridgehead atoms. The van der Waals surface area contributed by atoms with Gasteiger partial charge in [0.15, 0.2) is 0 Å². The van der Waals surface area contributed by atoms with Crippen molar-refractivity contribution in [3.63, 3.8) is 0 Å². The van der Waals surface area contributed by atoms with E-state index >= 15 is 0 Å². The zero-order valence-electron chi connectivity index (χ0n) is 7.87. The second-order valence-corrected chi connectivity index (χ2v) is 3.61. The van der Waals surface area contributed by atoms with Gasteiger partial charge in [-0.3, -0.25) is 9.48 Å². The summed E-state index contributed by atoms with van der Waals surface area (Å²) in [5, 5.41) is 7.05. The van der Waals surface area contributed by atoms with E-state index in [1.54, 1.807) is 0 Å². The van der Waals surface area contributed by atoms with Crippen molar-refractivity contribution in [1.82, 2.24) is 15.1 Å². The molecule has 1 aliphatic rings. The molecule has 2 rings (SSSR count). The monoisotopic (exact) mass is 179 g/mol. The minimum atomic E-state index is 0.0925. The Kier molecular flexibility index (Phi) is 1.83. The molecule has 0 spiro atoms. The third kappa shape index (κ3) is 1.32. The standard InChI is InChI=1S/C9H13N3O/c1-6(2)12-8-3-9(13)10-4-7(8)5-11-12/h5-6H,3-4H2,1-2H3,(H,10,13). The fraction of sp³-hybridized carbons (Fsp3) is 0.556. The highest BCUT2D eigenvalue weighted by molar-refractivity contribution is 5.80. The van der Waals surface area contributed by atoms with Gasteiger partial charge in [0.25, 0.3) is 0 Å². The van der Waals surface area contributed by atoms with Crippen LogP contribution in [0.1, 0.15) is 31.1 Å². The first-order valence-corrected chi connectivity index (χ1v) is 4.50. The van der Waals surface area contributed by atoms with E-state index in [9.17, 15) is 4.79 Å². The largest absolute Gasteiger partial charge is 0.352 e. The van der Waals surface area contributed by atoms with E-state index in [2.05, 4.69) is 24.3 Å². The minimum absolute atomic E-state index is 0.0925. The summed E-state index contributed by atoms with van der Waals surface area (Å²) in [5.41, 5.74) is 2.21. The number of carbonyl (C=O) groups excluding carboxylic acids is 1. The van der Waals surface area contributed by atoms with Crippen molar-refractivity contribution in [2.75, 3.05) is 0 Å². The Labute approximate surface area is 76.9 Å². The lowest BCUT2D eigenvalue weighted by Gasteiger charge is -2.16. The van der Waals surface area contributed by atoms with Crippen LogP contribution < -0.4 is 5.32 Å². The SMILES string of the molecule is CC(C)n1ncc2c1CC(=O)NC2. The maximum atomic E-state index is 11.1. The molecule has 1 N–H and O–H groups in total. The fourth-order valence-electron chi connectivity index (χ4n) is 1.62. The van der Waals surface area contributed by atoms with Gasteiger partial charge in [-0.2, -0.15) is 5.10 Å². The van der Waals surface area contributed by atoms with E-state index in [1.807, 2.05) is 10.9 Å². The number of rotatable bonds is 1. The lowest BCUT2D eigenvalue weighted by molar-refractivity contribution is -0.121. The van der Waals surface area contributed by atoms with Gasteiger partial charge in [0.05, 0.1) is 18.3 Å². The van der Waals surface area contributed by atoms with Crippen molar-refractivity contribution in [1.29, 1.82) is 0 Å². The highest BCUT2D eigenvalue weighted by Crippen LogP contribution is 2.17. The smallest absolute Gasteiger partial charge is 0.226 e. The molecule has 0 radical (unpaired) electrons. The quantitative estimate of drug-likeness (QED) is 0.687. The van der Waals surface area contributed by atoms with E-state index in [0.717, 1.165) is 11.3 Å². The van der Waals surface area contributed by atoms with E-state index in [-0.39, 0.29) is 5.91 Å². The Balaban J connectivity index is 2.41. The predicted octanol–water partition coefficient (Wildman–Crippen LogP) is 0.636. The van der Waals surface area contributed by atoms with Crippen LogP contribution in [-0.2, 0) is 17.8 Å². The number of nitrogens with one attached hydrogen (secondary N) is 1. The Morgan fingerprint density at radius 2 is 2.38 bits per heavy atom. The average molecular weight is 179 g/mol. The molecule has 4 nitrogen and oxygen atoms in total. The first kappa shape index (κ1) is 8.29. The van der Waals surface area contributed by atoms with Crippen LogP contribution in [0.2, 0.25) is 0 Å². The molecule has 1 aromatic rings. The maximum Gasteiger partial charge on any atom is 0.226 e. The summed E-state index contributed by atoms with van der Waals surface area (Å²) >= 11 is 0. The van der Waals surface area contributed by atoms with Crippen LogP contribution in [0.4, 0.5) is 0 Å². The van der Waals surface area contributed by atoms with Gasteiger partial charge in [-0.1, -0.05) is 0 Å². The normalized spacial score (nSPS) is 15.8. The maximum absolute atomic E-state index is 11.1. The van der Waals surface area contributed by atoms with Gasteiger partial charge >= 0.3 is 0 Å². The fourth-order valence-corrected chi connectivity index (χ4v) is 1.62.